The van der Waals surface area contributed by atoms with Crippen molar-refractivity contribution < 1.29 is 5.11 Å². The van der Waals surface area contributed by atoms with Gasteiger partial charge in [0.15, 0.2) is 0 Å². The molecule has 15 heavy (non-hydrogen) atoms. The van der Waals surface area contributed by atoms with E-state index in [2.05, 4.69) is 17.0 Å². The van der Waals surface area contributed by atoms with Crippen molar-refractivity contribution in [2.75, 3.05) is 18.5 Å². The van der Waals surface area contributed by atoms with Gasteiger partial charge < -0.3 is 10.0 Å². The summed E-state index contributed by atoms with van der Waals surface area (Å²) in [4.78, 5) is 2.14. The third-order valence-corrected chi connectivity index (χ3v) is 3.26. The number of hydrogen-bond acceptors (Lipinski definition) is 2. The lowest BCUT2D eigenvalue weighted by atomic mass is 10.0. The second kappa shape index (κ2) is 4.23. The molecule has 0 atom stereocenters. The van der Waals surface area contributed by atoms with Crippen molar-refractivity contribution in [1.29, 1.82) is 0 Å². The van der Waals surface area contributed by atoms with E-state index in [4.69, 9.17) is 0 Å². The second-order valence-corrected chi connectivity index (χ2v) is 4.62. The van der Waals surface area contributed by atoms with Crippen LogP contribution in [0.3, 0.4) is 0 Å². The predicted molar refractivity (Wildman–Crippen MR) is 63.1 cm³/mol. The number of likely N-dealkylation sites (N-methyl/N-ethyl adjacent to an activating group) is 1. The highest BCUT2D eigenvalue weighted by atomic mass is 16.3. The molecular formula is C13H19NO. The van der Waals surface area contributed by atoms with Crippen LogP contribution in [0.2, 0.25) is 0 Å². The highest BCUT2D eigenvalue weighted by Gasteiger charge is 2.32. The largest absolute Gasteiger partial charge is 0.388 e. The molecule has 1 N–H and O–H groups in total. The maximum Gasteiger partial charge on any atom is 0.0821 e. The topological polar surface area (TPSA) is 23.5 Å². The summed E-state index contributed by atoms with van der Waals surface area (Å²) >= 11 is 0. The Kier molecular flexibility index (Phi) is 2.96. The molecule has 0 aliphatic heterocycles. The first-order chi connectivity index (χ1) is 7.20. The van der Waals surface area contributed by atoms with E-state index in [0.717, 1.165) is 19.4 Å². The molecule has 2 heteroatoms. The molecule has 0 aromatic heterocycles. The van der Waals surface area contributed by atoms with Gasteiger partial charge in [0.2, 0.25) is 0 Å². The van der Waals surface area contributed by atoms with Gasteiger partial charge in [0.05, 0.1) is 5.60 Å². The van der Waals surface area contributed by atoms with E-state index in [0.29, 0.717) is 0 Å². The molecule has 1 saturated carbocycles. The lowest BCUT2D eigenvalue weighted by Crippen LogP contribution is -2.39. The minimum atomic E-state index is -0.454. The molecule has 0 amide bonds. The molecule has 0 radical (unpaired) electrons. The highest BCUT2D eigenvalue weighted by molar-refractivity contribution is 5.45. The average Bonchev–Trinajstić information content (AvgIpc) is 2.66. The van der Waals surface area contributed by atoms with Crippen molar-refractivity contribution in [3.63, 3.8) is 0 Å². The molecule has 2 nitrogen and oxygen atoms in total. The molecule has 0 unspecified atom stereocenters. The van der Waals surface area contributed by atoms with E-state index in [1.54, 1.807) is 0 Å². The first-order valence-electron chi connectivity index (χ1n) is 5.68. The van der Waals surface area contributed by atoms with Crippen LogP contribution in [0.5, 0.6) is 0 Å². The Hall–Kier alpha value is -1.02. The van der Waals surface area contributed by atoms with Gasteiger partial charge in [-0.2, -0.15) is 0 Å². The summed E-state index contributed by atoms with van der Waals surface area (Å²) in [6.07, 6.45) is 4.23. The number of para-hydroxylation sites is 1. The summed E-state index contributed by atoms with van der Waals surface area (Å²) in [5, 5.41) is 10.3. The van der Waals surface area contributed by atoms with Gasteiger partial charge in [0.1, 0.15) is 0 Å². The summed E-state index contributed by atoms with van der Waals surface area (Å²) in [6, 6.07) is 10.2. The van der Waals surface area contributed by atoms with Crippen molar-refractivity contribution >= 4 is 5.69 Å². The monoisotopic (exact) mass is 205 g/mol. The maximum absolute atomic E-state index is 10.3. The maximum atomic E-state index is 10.3. The van der Waals surface area contributed by atoms with Gasteiger partial charge in [-0.3, -0.25) is 0 Å². The lowest BCUT2D eigenvalue weighted by molar-refractivity contribution is 0.0559. The second-order valence-electron chi connectivity index (χ2n) is 4.62. The van der Waals surface area contributed by atoms with Crippen LogP contribution in [0.1, 0.15) is 25.7 Å². The first kappa shape index (κ1) is 10.5. The van der Waals surface area contributed by atoms with Crippen LogP contribution in [0, 0.1) is 0 Å². The van der Waals surface area contributed by atoms with Crippen molar-refractivity contribution in [2.45, 2.75) is 31.3 Å². The molecule has 1 fully saturated rings. The summed E-state index contributed by atoms with van der Waals surface area (Å²) in [6.45, 7) is 0.747. The fraction of sp³-hybridized carbons (Fsp3) is 0.538. The Balaban J connectivity index is 2.00. The molecule has 0 bridgehead atoms. The summed E-state index contributed by atoms with van der Waals surface area (Å²) < 4.78 is 0. The first-order valence-corrected chi connectivity index (χ1v) is 5.68. The molecular weight excluding hydrogens is 186 g/mol. The van der Waals surface area contributed by atoms with Crippen LogP contribution in [0.15, 0.2) is 30.3 Å². The normalized spacial score (nSPS) is 19.1. The molecule has 2 rings (SSSR count). The van der Waals surface area contributed by atoms with Crippen molar-refractivity contribution in [3.8, 4) is 0 Å². The van der Waals surface area contributed by atoms with E-state index in [-0.39, 0.29) is 0 Å². The molecule has 1 aromatic carbocycles. The van der Waals surface area contributed by atoms with Crippen molar-refractivity contribution in [2.24, 2.45) is 0 Å². The molecule has 0 saturated heterocycles. The smallest absolute Gasteiger partial charge is 0.0821 e. The zero-order valence-corrected chi connectivity index (χ0v) is 9.32. The highest BCUT2D eigenvalue weighted by Crippen LogP contribution is 2.30. The Labute approximate surface area is 91.5 Å². The molecule has 1 aliphatic carbocycles. The van der Waals surface area contributed by atoms with Crippen LogP contribution in [0.25, 0.3) is 0 Å². The average molecular weight is 205 g/mol. The summed E-state index contributed by atoms with van der Waals surface area (Å²) in [5.74, 6) is 0. The van der Waals surface area contributed by atoms with Crippen LogP contribution in [0.4, 0.5) is 5.69 Å². The van der Waals surface area contributed by atoms with Crippen LogP contribution in [-0.2, 0) is 0 Å². The lowest BCUT2D eigenvalue weighted by Gasteiger charge is -2.30. The Morgan fingerprint density at radius 2 is 1.80 bits per heavy atom. The van der Waals surface area contributed by atoms with Gasteiger partial charge in [-0.15, -0.1) is 0 Å². The Morgan fingerprint density at radius 1 is 1.20 bits per heavy atom. The fourth-order valence-corrected chi connectivity index (χ4v) is 2.41. The minimum absolute atomic E-state index is 0.454. The summed E-state index contributed by atoms with van der Waals surface area (Å²) in [7, 11) is 2.05. The van der Waals surface area contributed by atoms with E-state index in [1.165, 1.54) is 18.5 Å². The van der Waals surface area contributed by atoms with Crippen LogP contribution < -0.4 is 4.90 Å². The number of anilines is 1. The van der Waals surface area contributed by atoms with Gasteiger partial charge >= 0.3 is 0 Å². The zero-order valence-electron chi connectivity index (χ0n) is 9.32. The number of nitrogens with zero attached hydrogens (tertiary/aromatic N) is 1. The molecule has 0 spiro atoms. The van der Waals surface area contributed by atoms with Crippen LogP contribution in [-0.4, -0.2) is 24.3 Å². The number of aliphatic hydroxyl groups is 1. The van der Waals surface area contributed by atoms with E-state index in [1.807, 2.05) is 25.2 Å². The van der Waals surface area contributed by atoms with Crippen molar-refractivity contribution in [1.82, 2.24) is 0 Å². The van der Waals surface area contributed by atoms with E-state index in [9.17, 15) is 5.11 Å². The van der Waals surface area contributed by atoms with Gasteiger partial charge in [-0.05, 0) is 25.0 Å². The summed E-state index contributed by atoms with van der Waals surface area (Å²) in [5.41, 5.74) is 0.725. The Bertz CT molecular complexity index is 304. The number of benzene rings is 1. The van der Waals surface area contributed by atoms with Gasteiger partial charge in [-0.25, -0.2) is 0 Å². The minimum Gasteiger partial charge on any atom is -0.388 e. The quantitative estimate of drug-likeness (QED) is 0.819. The molecule has 0 heterocycles. The zero-order chi connectivity index (χ0) is 10.7. The molecule has 82 valence electrons. The molecule has 1 aromatic rings. The predicted octanol–water partition coefficient (Wildman–Crippen LogP) is 2.43. The third-order valence-electron chi connectivity index (χ3n) is 3.26. The SMILES string of the molecule is CN(CC1(O)CCCC1)c1ccccc1. The van der Waals surface area contributed by atoms with Crippen molar-refractivity contribution in [3.05, 3.63) is 30.3 Å². The standard InChI is InChI=1S/C13H19NO/c1-14(12-7-3-2-4-8-12)11-13(15)9-5-6-10-13/h2-4,7-8,15H,5-6,9-11H2,1H3. The number of rotatable bonds is 3. The van der Waals surface area contributed by atoms with Gasteiger partial charge in [-0.1, -0.05) is 31.0 Å². The number of hydrogen-bond donors (Lipinski definition) is 1. The van der Waals surface area contributed by atoms with Gasteiger partial charge in [0.25, 0.3) is 0 Å². The van der Waals surface area contributed by atoms with Crippen LogP contribution >= 0.6 is 0 Å². The van der Waals surface area contributed by atoms with E-state index < -0.39 is 5.60 Å². The third kappa shape index (κ3) is 2.51. The Morgan fingerprint density at radius 3 is 2.40 bits per heavy atom. The van der Waals surface area contributed by atoms with E-state index >= 15 is 0 Å². The van der Waals surface area contributed by atoms with Gasteiger partial charge in [0, 0.05) is 19.3 Å². The fourth-order valence-electron chi connectivity index (χ4n) is 2.41. The molecule has 1 aliphatic rings.